The van der Waals surface area contributed by atoms with Crippen molar-refractivity contribution in [2.45, 2.75) is 110 Å². The Morgan fingerprint density at radius 3 is 1.53 bits per heavy atom. The predicted molar refractivity (Wildman–Crippen MR) is 278 cm³/mol. The molecule has 6 amide bonds. The molecule has 2 aliphatic heterocycles. The molecule has 0 radical (unpaired) electrons. The average molecular weight is 974 g/mol. The molecule has 0 aliphatic carbocycles. The maximum Gasteiger partial charge on any atom is 0.408 e. The normalized spacial score (nSPS) is 16.7. The molecule has 4 atom stereocenters. The molecule has 72 heavy (non-hydrogen) atoms. The largest absolute Gasteiger partial charge is 0.444 e. The van der Waals surface area contributed by atoms with Crippen LogP contribution in [0.5, 0.6) is 0 Å². The summed E-state index contributed by atoms with van der Waals surface area (Å²) in [6, 6.07) is 35.4. The average Bonchev–Trinajstić information content (AvgIpc) is 4.12. The molecule has 0 saturated carbocycles. The Labute approximate surface area is 420 Å². The maximum atomic E-state index is 14.3. The van der Waals surface area contributed by atoms with Crippen LogP contribution in [0.3, 0.4) is 0 Å². The van der Waals surface area contributed by atoms with Crippen molar-refractivity contribution in [1.29, 1.82) is 0 Å². The minimum atomic E-state index is -1.06. The number of alkyl carbamates (subject to hydrolysis) is 2. The number of nitrogens with one attached hydrogen (secondary N) is 5. The Balaban J connectivity index is 1.01. The third kappa shape index (κ3) is 11.8. The second-order valence-corrected chi connectivity index (χ2v) is 20.4. The summed E-state index contributed by atoms with van der Waals surface area (Å²) in [7, 11) is 0. The summed E-state index contributed by atoms with van der Waals surface area (Å²) in [6.45, 7) is 13.2. The number of likely N-dealkylation sites (tertiary alicyclic amines) is 2. The number of H-pyrrole nitrogens is 1. The summed E-state index contributed by atoms with van der Waals surface area (Å²) in [5.74, 6) is -1.48. The predicted octanol–water partition coefficient (Wildman–Crippen LogP) is 10.2. The van der Waals surface area contributed by atoms with E-state index in [-0.39, 0.29) is 11.8 Å². The Kier molecular flexibility index (Phi) is 14.8. The summed E-state index contributed by atoms with van der Waals surface area (Å²) < 4.78 is 11.0. The number of aromatic nitrogens is 1. The number of hydrogen-bond acceptors (Lipinski definition) is 8. The molecule has 5 aromatic carbocycles. The first-order chi connectivity index (χ1) is 34.3. The number of aromatic amines is 1. The van der Waals surface area contributed by atoms with Gasteiger partial charge in [0.15, 0.2) is 0 Å². The number of carbonyl (C=O) groups is 6. The molecule has 6 aromatic rings. The first kappa shape index (κ1) is 50.4. The van der Waals surface area contributed by atoms with E-state index in [4.69, 9.17) is 9.47 Å². The number of anilines is 2. The maximum absolute atomic E-state index is 14.3. The Hall–Kier alpha value is -7.94. The number of hydrogen-bond donors (Lipinski definition) is 5. The van der Waals surface area contributed by atoms with Crippen LogP contribution >= 0.6 is 0 Å². The highest BCUT2D eigenvalue weighted by atomic mass is 16.6. The van der Waals surface area contributed by atoms with Gasteiger partial charge in [-0.05, 0) is 132 Å². The van der Waals surface area contributed by atoms with E-state index >= 15 is 0 Å². The van der Waals surface area contributed by atoms with Crippen LogP contribution in [0.2, 0.25) is 0 Å². The third-order valence-electron chi connectivity index (χ3n) is 12.7. The van der Waals surface area contributed by atoms with Gasteiger partial charge in [0, 0.05) is 40.9 Å². The summed E-state index contributed by atoms with van der Waals surface area (Å²) >= 11 is 0. The zero-order chi connectivity index (χ0) is 51.3. The molecule has 8 rings (SSSR count). The van der Waals surface area contributed by atoms with Gasteiger partial charge in [-0.15, -0.1) is 0 Å². The molecule has 15 heteroatoms. The highest BCUT2D eigenvalue weighted by Crippen LogP contribution is 2.41. The number of carbonyl (C=O) groups excluding carboxylic acids is 6. The van der Waals surface area contributed by atoms with Gasteiger partial charge < -0.3 is 45.5 Å². The van der Waals surface area contributed by atoms with Gasteiger partial charge in [0.1, 0.15) is 35.4 Å². The first-order valence-electron chi connectivity index (χ1n) is 24.5. The first-order valence-corrected chi connectivity index (χ1v) is 24.5. The number of fused-ring (bicyclic) bond motifs is 1. The lowest BCUT2D eigenvalue weighted by atomic mass is 9.95. The van der Waals surface area contributed by atoms with Crippen molar-refractivity contribution in [2.24, 2.45) is 0 Å². The number of ether oxygens (including phenoxy) is 2. The lowest BCUT2D eigenvalue weighted by Crippen LogP contribution is -2.49. The second kappa shape index (κ2) is 21.2. The molecular weight excluding hydrogens is 911 g/mol. The minimum absolute atomic E-state index is 0.336. The van der Waals surface area contributed by atoms with Crippen molar-refractivity contribution in [1.82, 2.24) is 25.4 Å². The van der Waals surface area contributed by atoms with Crippen LogP contribution in [0.15, 0.2) is 127 Å². The zero-order valence-corrected chi connectivity index (χ0v) is 41.8. The van der Waals surface area contributed by atoms with Crippen LogP contribution in [0.25, 0.3) is 33.3 Å². The van der Waals surface area contributed by atoms with Gasteiger partial charge in [0.2, 0.25) is 11.8 Å². The van der Waals surface area contributed by atoms with Crippen molar-refractivity contribution in [2.75, 3.05) is 23.7 Å². The molecule has 2 fully saturated rings. The van der Waals surface area contributed by atoms with Gasteiger partial charge >= 0.3 is 12.2 Å². The summed E-state index contributed by atoms with van der Waals surface area (Å²) in [4.78, 5) is 89.2. The van der Waals surface area contributed by atoms with E-state index in [1.54, 1.807) is 95.0 Å². The molecule has 3 heterocycles. The van der Waals surface area contributed by atoms with Crippen molar-refractivity contribution in [3.05, 3.63) is 144 Å². The molecule has 1 aromatic heterocycles. The van der Waals surface area contributed by atoms with Gasteiger partial charge in [-0.3, -0.25) is 19.2 Å². The molecule has 0 bridgehead atoms. The molecule has 5 N–H and O–H groups in total. The van der Waals surface area contributed by atoms with E-state index in [1.807, 2.05) is 79.7 Å². The highest BCUT2D eigenvalue weighted by molar-refractivity contribution is 6.07. The van der Waals surface area contributed by atoms with Crippen molar-refractivity contribution in [3.8, 4) is 22.4 Å². The third-order valence-corrected chi connectivity index (χ3v) is 12.7. The van der Waals surface area contributed by atoms with E-state index in [0.717, 1.165) is 38.9 Å². The van der Waals surface area contributed by atoms with Gasteiger partial charge in [0.25, 0.3) is 11.8 Å². The topological polar surface area (TPSA) is 191 Å². The number of amides is 6. The zero-order valence-electron chi connectivity index (χ0n) is 41.8. The number of benzene rings is 5. The Bertz CT molecular complexity index is 2960. The second-order valence-electron chi connectivity index (χ2n) is 20.4. The lowest BCUT2D eigenvalue weighted by molar-refractivity contribution is -0.138. The van der Waals surface area contributed by atoms with Gasteiger partial charge in [-0.1, -0.05) is 97.1 Å². The van der Waals surface area contributed by atoms with Crippen LogP contribution in [0, 0.1) is 6.92 Å². The fourth-order valence-electron chi connectivity index (χ4n) is 9.45. The molecule has 374 valence electrons. The van der Waals surface area contributed by atoms with Crippen LogP contribution in [-0.4, -0.2) is 87.0 Å². The van der Waals surface area contributed by atoms with Gasteiger partial charge in [-0.25, -0.2) is 9.59 Å². The van der Waals surface area contributed by atoms with Crippen molar-refractivity contribution >= 4 is 58.1 Å². The van der Waals surface area contributed by atoms with Crippen LogP contribution in [0.1, 0.15) is 96.0 Å². The standard InChI is InChI=1S/C57H63N7O8/c1-35-18-14-15-23-41(35)46-42-34-40(59-51(66)45-25-17-33-64(45)53(68)49(37-21-12-9-13-22-37)62-55(70)72-57(5,6)7)30-31-43(42)60-47(46)38-26-28-39(29-27-38)58-50(65)44-24-16-32-63(44)52(67)48(36-19-10-8-11-20-36)61-54(69)71-56(2,3)4/h8-15,18-23,26-31,34,44-45,48-49,60H,16-17,24-25,32-33H2,1-7H3,(H,58,65)(H,59,66)(H,61,69)(H,62,70)/t44-,45-,48+,49+/m0/s1. The van der Waals surface area contributed by atoms with Gasteiger partial charge in [0.05, 0.1) is 5.69 Å². The van der Waals surface area contributed by atoms with E-state index in [0.29, 0.717) is 61.3 Å². The number of nitrogens with zero attached hydrogens (tertiary/aromatic N) is 2. The quantitative estimate of drug-likeness (QED) is 0.0800. The van der Waals surface area contributed by atoms with Crippen LogP contribution in [-0.2, 0) is 28.7 Å². The van der Waals surface area contributed by atoms with E-state index in [2.05, 4.69) is 32.3 Å². The monoisotopic (exact) mass is 973 g/mol. The van der Waals surface area contributed by atoms with Crippen LogP contribution < -0.4 is 21.3 Å². The molecular formula is C57H63N7O8. The fraction of sp³-hybridized carbons (Fsp3) is 0.333. The van der Waals surface area contributed by atoms with E-state index in [1.165, 1.54) is 4.90 Å². The molecule has 0 unspecified atom stereocenters. The molecule has 2 saturated heterocycles. The molecule has 0 spiro atoms. The minimum Gasteiger partial charge on any atom is -0.444 e. The van der Waals surface area contributed by atoms with Gasteiger partial charge in [-0.2, -0.15) is 0 Å². The van der Waals surface area contributed by atoms with E-state index in [9.17, 15) is 28.8 Å². The fourth-order valence-corrected chi connectivity index (χ4v) is 9.45. The van der Waals surface area contributed by atoms with Crippen molar-refractivity contribution in [3.63, 3.8) is 0 Å². The van der Waals surface area contributed by atoms with Crippen LogP contribution in [0.4, 0.5) is 21.0 Å². The Morgan fingerprint density at radius 2 is 1.04 bits per heavy atom. The smallest absolute Gasteiger partial charge is 0.408 e. The van der Waals surface area contributed by atoms with E-state index < -0.39 is 59.4 Å². The lowest BCUT2D eigenvalue weighted by Gasteiger charge is -2.29. The number of rotatable bonds is 12. The summed E-state index contributed by atoms with van der Waals surface area (Å²) in [5, 5.41) is 12.5. The summed E-state index contributed by atoms with van der Waals surface area (Å²) in [6.07, 6.45) is 0.673. The number of aryl methyl sites for hydroxylation is 1. The van der Waals surface area contributed by atoms with Crippen molar-refractivity contribution < 1.29 is 38.2 Å². The Morgan fingerprint density at radius 1 is 0.583 bits per heavy atom. The SMILES string of the molecule is Cc1ccccc1-c1c(-c2ccc(NC(=O)[C@@H]3CCCN3C(=O)[C@H](NC(=O)OC(C)(C)C)c3ccccc3)cc2)[nH]c2ccc(NC(=O)[C@@H]3CCCN3C(=O)[C@H](NC(=O)OC(C)(C)C)c3ccccc3)cc12. The molecule has 2 aliphatic rings. The molecule has 15 nitrogen and oxygen atoms in total. The highest BCUT2D eigenvalue weighted by Gasteiger charge is 2.40. The summed E-state index contributed by atoms with van der Waals surface area (Å²) in [5.41, 5.74) is 6.13.